The smallest absolute Gasteiger partial charge is 0.154 e. The predicted molar refractivity (Wildman–Crippen MR) is 99.6 cm³/mol. The minimum absolute atomic E-state index is 0.0684. The van der Waals surface area contributed by atoms with E-state index in [2.05, 4.69) is 0 Å². The molecule has 0 spiro atoms. The topological polar surface area (TPSA) is 50.8 Å². The van der Waals surface area contributed by atoms with E-state index < -0.39 is 0 Å². The van der Waals surface area contributed by atoms with Gasteiger partial charge in [0, 0.05) is 16.9 Å². The Balaban J connectivity index is 2.31. The third-order valence-electron chi connectivity index (χ3n) is 3.76. The van der Waals surface area contributed by atoms with Crippen LogP contribution >= 0.6 is 0 Å². The van der Waals surface area contributed by atoms with Gasteiger partial charge in [-0.25, -0.2) is 0 Å². The second kappa shape index (κ2) is 7.64. The molecule has 3 aromatic carbocycles. The molecular weight excluding hydrogens is 306 g/mol. The first-order chi connectivity index (χ1) is 12.3. The normalized spacial score (nSPS) is 9.52. The van der Waals surface area contributed by atoms with Crippen LogP contribution in [0.25, 0.3) is 5.70 Å². The molecule has 0 N–H and O–H groups in total. The Morgan fingerprint density at radius 1 is 0.600 bits per heavy atom. The second-order valence-corrected chi connectivity index (χ2v) is 5.32. The van der Waals surface area contributed by atoms with E-state index in [9.17, 15) is 10.5 Å². The molecule has 0 bridgehead atoms. The Morgan fingerprint density at radius 2 is 1.00 bits per heavy atom. The second-order valence-electron chi connectivity index (χ2n) is 5.32. The van der Waals surface area contributed by atoms with Crippen LogP contribution in [0.2, 0.25) is 0 Å². The van der Waals surface area contributed by atoms with Crippen molar-refractivity contribution in [2.45, 2.75) is 0 Å². The van der Waals surface area contributed by atoms with Crippen molar-refractivity contribution in [3.05, 3.63) is 102 Å². The third kappa shape index (κ3) is 3.42. The molecule has 3 nitrogen and oxygen atoms in total. The summed E-state index contributed by atoms with van der Waals surface area (Å²) in [6.07, 6.45) is 0. The van der Waals surface area contributed by atoms with E-state index in [0.29, 0.717) is 5.70 Å². The van der Waals surface area contributed by atoms with Gasteiger partial charge in [0.15, 0.2) is 5.57 Å². The fraction of sp³-hybridized carbons (Fsp3) is 0. The zero-order valence-electron chi connectivity index (χ0n) is 13.5. The Labute approximate surface area is 147 Å². The Kier molecular flexibility index (Phi) is 4.90. The zero-order valence-corrected chi connectivity index (χ0v) is 13.5. The number of hydrogen-bond donors (Lipinski definition) is 0. The standard InChI is InChI=1S/C22H15N3/c23-16-19(17-24)22(18-10-4-1-5-11-18)25(20-12-6-2-7-13-20)21-14-8-3-9-15-21/h1-15H. The predicted octanol–water partition coefficient (Wildman–Crippen LogP) is 5.28. The summed E-state index contributed by atoms with van der Waals surface area (Å²) in [5.74, 6) is 0. The molecule has 3 heteroatoms. The minimum Gasteiger partial charge on any atom is -0.308 e. The molecule has 0 heterocycles. The minimum atomic E-state index is 0.0684. The first-order valence-electron chi connectivity index (χ1n) is 7.85. The van der Waals surface area contributed by atoms with Crippen molar-refractivity contribution in [3.63, 3.8) is 0 Å². The molecule has 0 saturated carbocycles. The van der Waals surface area contributed by atoms with E-state index in [1.54, 1.807) is 0 Å². The van der Waals surface area contributed by atoms with Gasteiger partial charge in [-0.15, -0.1) is 0 Å². The van der Waals surface area contributed by atoms with E-state index in [1.165, 1.54) is 0 Å². The Hall–Kier alpha value is -3.82. The van der Waals surface area contributed by atoms with Gasteiger partial charge in [0.2, 0.25) is 0 Å². The van der Waals surface area contributed by atoms with E-state index >= 15 is 0 Å². The molecule has 118 valence electrons. The Bertz CT molecular complexity index is 891. The number of allylic oxidation sites excluding steroid dienone is 1. The number of benzene rings is 3. The number of nitriles is 2. The van der Waals surface area contributed by atoms with Crippen LogP contribution in [-0.4, -0.2) is 0 Å². The summed E-state index contributed by atoms with van der Waals surface area (Å²) in [5.41, 5.74) is 3.22. The van der Waals surface area contributed by atoms with Crippen molar-refractivity contribution in [1.29, 1.82) is 10.5 Å². The lowest BCUT2D eigenvalue weighted by molar-refractivity contribution is 1.28. The summed E-state index contributed by atoms with van der Waals surface area (Å²) in [7, 11) is 0. The number of anilines is 2. The molecule has 0 aliphatic heterocycles. The molecule has 0 aromatic heterocycles. The van der Waals surface area contributed by atoms with Crippen molar-refractivity contribution in [2.24, 2.45) is 0 Å². The van der Waals surface area contributed by atoms with Gasteiger partial charge in [-0.2, -0.15) is 10.5 Å². The summed E-state index contributed by atoms with van der Waals surface area (Å²) in [5, 5.41) is 19.1. The highest BCUT2D eigenvalue weighted by atomic mass is 15.2. The van der Waals surface area contributed by atoms with Crippen molar-refractivity contribution < 1.29 is 0 Å². The maximum atomic E-state index is 9.54. The van der Waals surface area contributed by atoms with Crippen molar-refractivity contribution in [2.75, 3.05) is 4.90 Å². The molecule has 3 aromatic rings. The van der Waals surface area contributed by atoms with Gasteiger partial charge in [0.1, 0.15) is 12.1 Å². The average Bonchev–Trinajstić information content (AvgIpc) is 2.70. The van der Waals surface area contributed by atoms with Crippen LogP contribution in [0.1, 0.15) is 5.56 Å². The average molecular weight is 321 g/mol. The van der Waals surface area contributed by atoms with Gasteiger partial charge in [0.05, 0.1) is 5.70 Å². The SMILES string of the molecule is N#CC(C#N)=C(c1ccccc1)N(c1ccccc1)c1ccccc1. The van der Waals surface area contributed by atoms with Gasteiger partial charge in [-0.1, -0.05) is 66.7 Å². The summed E-state index contributed by atoms with van der Waals surface area (Å²) >= 11 is 0. The molecule has 0 fully saturated rings. The highest BCUT2D eigenvalue weighted by Gasteiger charge is 2.20. The number of nitrogens with zero attached hydrogens (tertiary/aromatic N) is 3. The largest absolute Gasteiger partial charge is 0.308 e. The lowest BCUT2D eigenvalue weighted by Gasteiger charge is -2.28. The summed E-state index contributed by atoms with van der Waals surface area (Å²) in [6, 6.07) is 33.1. The molecule has 0 saturated heterocycles. The fourth-order valence-electron chi connectivity index (χ4n) is 2.67. The van der Waals surface area contributed by atoms with Gasteiger partial charge in [0.25, 0.3) is 0 Å². The fourth-order valence-corrected chi connectivity index (χ4v) is 2.67. The maximum absolute atomic E-state index is 9.54. The van der Waals surface area contributed by atoms with Crippen molar-refractivity contribution in [3.8, 4) is 12.1 Å². The maximum Gasteiger partial charge on any atom is 0.154 e. The van der Waals surface area contributed by atoms with Crippen LogP contribution < -0.4 is 4.90 Å². The van der Waals surface area contributed by atoms with E-state index in [0.717, 1.165) is 16.9 Å². The van der Waals surface area contributed by atoms with E-state index in [4.69, 9.17) is 0 Å². The van der Waals surface area contributed by atoms with Crippen LogP contribution in [-0.2, 0) is 0 Å². The van der Waals surface area contributed by atoms with Gasteiger partial charge < -0.3 is 4.90 Å². The Morgan fingerprint density at radius 3 is 1.40 bits per heavy atom. The van der Waals surface area contributed by atoms with Crippen LogP contribution in [0, 0.1) is 22.7 Å². The molecule has 0 aliphatic rings. The molecule has 0 radical (unpaired) electrons. The molecule has 0 atom stereocenters. The summed E-state index contributed by atoms with van der Waals surface area (Å²) in [6.45, 7) is 0. The summed E-state index contributed by atoms with van der Waals surface area (Å²) in [4.78, 5) is 1.94. The zero-order chi connectivity index (χ0) is 17.5. The van der Waals surface area contributed by atoms with Crippen molar-refractivity contribution >= 4 is 17.1 Å². The third-order valence-corrected chi connectivity index (χ3v) is 3.76. The first-order valence-corrected chi connectivity index (χ1v) is 7.85. The molecule has 3 rings (SSSR count). The highest BCUT2D eigenvalue weighted by molar-refractivity contribution is 5.92. The quantitative estimate of drug-likeness (QED) is 0.614. The van der Waals surface area contributed by atoms with E-state index in [-0.39, 0.29) is 5.57 Å². The van der Waals surface area contributed by atoms with Crippen LogP contribution in [0.15, 0.2) is 96.6 Å². The number of para-hydroxylation sites is 2. The molecule has 0 aliphatic carbocycles. The lowest BCUT2D eigenvalue weighted by Crippen LogP contribution is -2.17. The number of hydrogen-bond acceptors (Lipinski definition) is 3. The first kappa shape index (κ1) is 16.1. The molecular formula is C22H15N3. The van der Waals surface area contributed by atoms with Crippen LogP contribution in [0.4, 0.5) is 11.4 Å². The molecule has 25 heavy (non-hydrogen) atoms. The van der Waals surface area contributed by atoms with Gasteiger partial charge >= 0.3 is 0 Å². The van der Waals surface area contributed by atoms with Crippen LogP contribution in [0.3, 0.4) is 0 Å². The summed E-state index contributed by atoms with van der Waals surface area (Å²) < 4.78 is 0. The van der Waals surface area contributed by atoms with Crippen LogP contribution in [0.5, 0.6) is 0 Å². The lowest BCUT2D eigenvalue weighted by atomic mass is 10.0. The molecule has 0 amide bonds. The van der Waals surface area contributed by atoms with E-state index in [1.807, 2.05) is 108 Å². The van der Waals surface area contributed by atoms with Gasteiger partial charge in [-0.05, 0) is 24.3 Å². The van der Waals surface area contributed by atoms with Gasteiger partial charge in [-0.3, -0.25) is 0 Å². The number of rotatable bonds is 4. The highest BCUT2D eigenvalue weighted by Crippen LogP contribution is 2.35. The van der Waals surface area contributed by atoms with Crippen molar-refractivity contribution in [1.82, 2.24) is 0 Å². The monoisotopic (exact) mass is 321 g/mol. The molecule has 0 unspecified atom stereocenters.